The van der Waals surface area contributed by atoms with E-state index in [2.05, 4.69) is 20.5 Å². The molecule has 0 unspecified atom stereocenters. The SMILES string of the molecule is O=S(=O)(O)CCCCNBr. The Hall–Kier alpha value is 0.350. The van der Waals surface area contributed by atoms with Crippen LogP contribution in [-0.2, 0) is 10.1 Å². The Morgan fingerprint density at radius 3 is 2.40 bits per heavy atom. The van der Waals surface area contributed by atoms with Crippen LogP contribution in [0.4, 0.5) is 0 Å². The van der Waals surface area contributed by atoms with E-state index in [1.54, 1.807) is 0 Å². The third-order valence-corrected chi connectivity index (χ3v) is 2.12. The van der Waals surface area contributed by atoms with Gasteiger partial charge in [-0.25, -0.2) is 0 Å². The van der Waals surface area contributed by atoms with Gasteiger partial charge in [0.05, 0.1) is 5.75 Å². The van der Waals surface area contributed by atoms with Crippen molar-refractivity contribution in [1.82, 2.24) is 4.34 Å². The maximum Gasteiger partial charge on any atom is 0.264 e. The molecule has 2 N–H and O–H groups in total. The Morgan fingerprint density at radius 1 is 1.40 bits per heavy atom. The second-order valence-corrected chi connectivity index (χ2v) is 4.01. The molecule has 0 amide bonds. The molecule has 0 fully saturated rings. The molecule has 0 saturated carbocycles. The van der Waals surface area contributed by atoms with Gasteiger partial charge >= 0.3 is 0 Å². The van der Waals surface area contributed by atoms with Crippen LogP contribution in [-0.4, -0.2) is 25.3 Å². The third kappa shape index (κ3) is 8.35. The molecule has 0 heterocycles. The Labute approximate surface area is 69.1 Å². The average Bonchev–Trinajstić information content (AvgIpc) is 1.78. The Balaban J connectivity index is 3.21. The zero-order valence-electron chi connectivity index (χ0n) is 5.38. The second kappa shape index (κ2) is 5.06. The van der Waals surface area contributed by atoms with Crippen LogP contribution in [0.2, 0.25) is 0 Å². The maximum absolute atomic E-state index is 10.1. The van der Waals surface area contributed by atoms with Crippen molar-refractivity contribution < 1.29 is 13.0 Å². The molecule has 0 aliphatic heterocycles. The van der Waals surface area contributed by atoms with Gasteiger partial charge in [-0.15, -0.1) is 0 Å². The van der Waals surface area contributed by atoms with E-state index in [1.807, 2.05) is 0 Å². The van der Waals surface area contributed by atoms with Crippen LogP contribution >= 0.6 is 16.1 Å². The molecule has 0 aliphatic carbocycles. The standard InChI is InChI=1S/C4H10BrNO3S/c5-6-3-1-2-4-10(7,8)9/h6H,1-4H2,(H,7,8,9). The monoisotopic (exact) mass is 231 g/mol. The highest BCUT2D eigenvalue weighted by Gasteiger charge is 2.01. The highest BCUT2D eigenvalue weighted by atomic mass is 79.9. The minimum atomic E-state index is -3.75. The van der Waals surface area contributed by atoms with Gasteiger partial charge < -0.3 is 0 Å². The van der Waals surface area contributed by atoms with Gasteiger partial charge in [-0.3, -0.25) is 8.90 Å². The van der Waals surface area contributed by atoms with Crippen LogP contribution in [0.1, 0.15) is 12.8 Å². The lowest BCUT2D eigenvalue weighted by Gasteiger charge is -1.95. The first-order valence-electron chi connectivity index (χ1n) is 2.85. The lowest BCUT2D eigenvalue weighted by atomic mass is 10.3. The molecule has 10 heavy (non-hydrogen) atoms. The fraction of sp³-hybridized carbons (Fsp3) is 1.00. The van der Waals surface area contributed by atoms with Crippen molar-refractivity contribution in [2.75, 3.05) is 12.3 Å². The quantitative estimate of drug-likeness (QED) is 0.412. The molecule has 0 rings (SSSR count). The summed E-state index contributed by atoms with van der Waals surface area (Å²) in [5.74, 6) is -0.151. The summed E-state index contributed by atoms with van der Waals surface area (Å²) in [5, 5.41) is 0. The lowest BCUT2D eigenvalue weighted by Crippen LogP contribution is -2.07. The molecule has 0 atom stereocenters. The van der Waals surface area contributed by atoms with E-state index in [1.165, 1.54) is 0 Å². The first-order valence-corrected chi connectivity index (χ1v) is 5.25. The van der Waals surface area contributed by atoms with E-state index < -0.39 is 10.1 Å². The summed E-state index contributed by atoms with van der Waals surface area (Å²) in [6, 6.07) is 0. The highest BCUT2D eigenvalue weighted by molar-refractivity contribution is 9.08. The Morgan fingerprint density at radius 2 is 2.00 bits per heavy atom. The van der Waals surface area contributed by atoms with Crippen molar-refractivity contribution in [2.45, 2.75) is 12.8 Å². The van der Waals surface area contributed by atoms with Crippen LogP contribution in [0.3, 0.4) is 0 Å². The summed E-state index contributed by atoms with van der Waals surface area (Å²) in [5.41, 5.74) is 0. The molecule has 0 bridgehead atoms. The van der Waals surface area contributed by atoms with Crippen LogP contribution in [0.5, 0.6) is 0 Å². The Kier molecular flexibility index (Phi) is 5.24. The summed E-state index contributed by atoms with van der Waals surface area (Å²) in [6.07, 6.45) is 1.21. The number of hydrogen-bond donors (Lipinski definition) is 2. The number of nitrogens with one attached hydrogen (secondary N) is 1. The molecule has 6 heteroatoms. The van der Waals surface area contributed by atoms with Crippen LogP contribution in [0.25, 0.3) is 0 Å². The van der Waals surface area contributed by atoms with Crippen molar-refractivity contribution in [3.63, 3.8) is 0 Å². The van der Waals surface area contributed by atoms with Gasteiger partial charge in [0.25, 0.3) is 10.1 Å². The molecule has 0 spiro atoms. The van der Waals surface area contributed by atoms with Crippen molar-refractivity contribution >= 4 is 26.3 Å². The minimum absolute atomic E-state index is 0.151. The van der Waals surface area contributed by atoms with Gasteiger partial charge in [0.1, 0.15) is 0 Å². The molecule has 0 saturated heterocycles. The summed E-state index contributed by atoms with van der Waals surface area (Å²) >= 11 is 2.97. The van der Waals surface area contributed by atoms with Crippen molar-refractivity contribution in [3.8, 4) is 0 Å². The van der Waals surface area contributed by atoms with Gasteiger partial charge in [-0.05, 0) is 12.8 Å². The third-order valence-electron chi connectivity index (χ3n) is 0.924. The molecule has 0 aliphatic rings. The largest absolute Gasteiger partial charge is 0.286 e. The van der Waals surface area contributed by atoms with E-state index in [4.69, 9.17) is 4.55 Å². The molecule has 0 aromatic carbocycles. The zero-order valence-corrected chi connectivity index (χ0v) is 7.78. The fourth-order valence-electron chi connectivity index (χ4n) is 0.476. The van der Waals surface area contributed by atoms with E-state index in [0.29, 0.717) is 13.0 Å². The van der Waals surface area contributed by atoms with E-state index in [0.717, 1.165) is 6.42 Å². The first-order chi connectivity index (χ1) is 4.56. The smallest absolute Gasteiger partial charge is 0.264 e. The summed E-state index contributed by atoms with van der Waals surface area (Å²) in [6.45, 7) is 0.704. The molecule has 62 valence electrons. The van der Waals surface area contributed by atoms with E-state index in [-0.39, 0.29) is 5.75 Å². The Bertz CT molecular complexity index is 167. The molecule has 0 aromatic rings. The first kappa shape index (κ1) is 10.3. The van der Waals surface area contributed by atoms with Gasteiger partial charge in [-0.2, -0.15) is 8.42 Å². The maximum atomic E-state index is 10.1. The number of halogens is 1. The van der Waals surface area contributed by atoms with Crippen molar-refractivity contribution in [1.29, 1.82) is 0 Å². The minimum Gasteiger partial charge on any atom is -0.286 e. The molecular weight excluding hydrogens is 222 g/mol. The van der Waals surface area contributed by atoms with Gasteiger partial charge in [-0.1, -0.05) is 0 Å². The topological polar surface area (TPSA) is 66.4 Å². The van der Waals surface area contributed by atoms with Crippen LogP contribution in [0, 0.1) is 0 Å². The van der Waals surface area contributed by atoms with Crippen LogP contribution in [0.15, 0.2) is 0 Å². The van der Waals surface area contributed by atoms with Gasteiger partial charge in [0.2, 0.25) is 0 Å². The van der Waals surface area contributed by atoms with Gasteiger partial charge in [0, 0.05) is 22.7 Å². The van der Waals surface area contributed by atoms with Gasteiger partial charge in [0.15, 0.2) is 0 Å². The summed E-state index contributed by atoms with van der Waals surface area (Å²) < 4.78 is 31.2. The number of hydrogen-bond acceptors (Lipinski definition) is 3. The van der Waals surface area contributed by atoms with E-state index in [9.17, 15) is 8.42 Å². The van der Waals surface area contributed by atoms with Crippen molar-refractivity contribution in [3.05, 3.63) is 0 Å². The normalized spacial score (nSPS) is 11.8. The predicted molar refractivity (Wildman–Crippen MR) is 42.6 cm³/mol. The zero-order chi connectivity index (χ0) is 8.04. The number of rotatable bonds is 5. The van der Waals surface area contributed by atoms with E-state index >= 15 is 0 Å². The fourth-order valence-corrected chi connectivity index (χ4v) is 1.33. The average molecular weight is 232 g/mol. The lowest BCUT2D eigenvalue weighted by molar-refractivity contribution is 0.480. The molecule has 4 nitrogen and oxygen atoms in total. The molecule has 0 radical (unpaired) electrons. The molecular formula is C4H10BrNO3S. The van der Waals surface area contributed by atoms with Crippen molar-refractivity contribution in [2.24, 2.45) is 0 Å². The number of unbranched alkanes of at least 4 members (excludes halogenated alkanes) is 1. The van der Waals surface area contributed by atoms with Crippen LogP contribution < -0.4 is 4.34 Å². The summed E-state index contributed by atoms with van der Waals surface area (Å²) in [4.78, 5) is 0. The second-order valence-electron chi connectivity index (χ2n) is 1.88. The summed E-state index contributed by atoms with van der Waals surface area (Å²) in [7, 11) is -3.75. The highest BCUT2D eigenvalue weighted by Crippen LogP contribution is 1.92. The molecule has 0 aromatic heterocycles. The predicted octanol–water partition coefficient (Wildman–Crippen LogP) is 0.554.